The lowest BCUT2D eigenvalue weighted by molar-refractivity contribution is 0.0607. The van der Waals surface area contributed by atoms with Gasteiger partial charge in [0.25, 0.3) is 0 Å². The number of aromatic nitrogens is 1. The maximum atomic E-state index is 11.5. The summed E-state index contributed by atoms with van der Waals surface area (Å²) in [7, 11) is 1.40. The van der Waals surface area contributed by atoms with E-state index in [2.05, 4.69) is 4.98 Å². The number of hydrogen-bond acceptors (Lipinski definition) is 3. The Hall–Kier alpha value is -1.55. The number of H-pyrrole nitrogens is 1. The van der Waals surface area contributed by atoms with Crippen LogP contribution in [0.3, 0.4) is 0 Å². The van der Waals surface area contributed by atoms with Gasteiger partial charge >= 0.3 is 5.97 Å². The lowest BCUT2D eigenvalue weighted by atomic mass is 10.1. The number of carbonyl (C=O) groups excluding carboxylic acids is 1. The van der Waals surface area contributed by atoms with E-state index in [1.54, 1.807) is 0 Å². The minimum absolute atomic E-state index is 0.280. The Labute approximate surface area is 91.7 Å². The second kappa shape index (κ2) is 3.90. The van der Waals surface area contributed by atoms with Crippen molar-refractivity contribution >= 4 is 17.3 Å². The standard InChI is InChI=1S/C11H11NO2S/c1-7-6-15-10(11(13)14-2)9(7)8-4-3-5-12-8/h3-6,12H,1-2H3. The van der Waals surface area contributed by atoms with Crippen molar-refractivity contribution in [1.29, 1.82) is 0 Å². The van der Waals surface area contributed by atoms with Gasteiger partial charge in [0.1, 0.15) is 4.88 Å². The Morgan fingerprint density at radius 1 is 1.53 bits per heavy atom. The van der Waals surface area contributed by atoms with Crippen LogP contribution in [0.15, 0.2) is 23.7 Å². The smallest absolute Gasteiger partial charge is 0.348 e. The third-order valence-corrected chi connectivity index (χ3v) is 3.29. The monoisotopic (exact) mass is 221 g/mol. The molecule has 1 N–H and O–H groups in total. The normalized spacial score (nSPS) is 10.3. The van der Waals surface area contributed by atoms with E-state index in [1.165, 1.54) is 18.4 Å². The fourth-order valence-corrected chi connectivity index (χ4v) is 2.49. The van der Waals surface area contributed by atoms with Crippen molar-refractivity contribution in [2.24, 2.45) is 0 Å². The summed E-state index contributed by atoms with van der Waals surface area (Å²) in [5.74, 6) is -0.280. The van der Waals surface area contributed by atoms with Crippen LogP contribution in [0.5, 0.6) is 0 Å². The molecule has 0 saturated carbocycles. The molecular weight excluding hydrogens is 210 g/mol. The Kier molecular flexibility index (Phi) is 2.60. The van der Waals surface area contributed by atoms with Crippen molar-refractivity contribution in [2.45, 2.75) is 6.92 Å². The highest BCUT2D eigenvalue weighted by atomic mass is 32.1. The number of thiophene rings is 1. The number of esters is 1. The molecule has 2 heterocycles. The Balaban J connectivity index is 2.55. The summed E-state index contributed by atoms with van der Waals surface area (Å²) in [4.78, 5) is 15.3. The maximum absolute atomic E-state index is 11.5. The van der Waals surface area contributed by atoms with E-state index in [0.29, 0.717) is 4.88 Å². The van der Waals surface area contributed by atoms with Gasteiger partial charge in [-0.2, -0.15) is 0 Å². The van der Waals surface area contributed by atoms with Gasteiger partial charge in [-0.25, -0.2) is 4.79 Å². The average Bonchev–Trinajstić information content (AvgIpc) is 2.85. The minimum atomic E-state index is -0.280. The number of hydrogen-bond donors (Lipinski definition) is 1. The van der Waals surface area contributed by atoms with Gasteiger partial charge in [-0.3, -0.25) is 0 Å². The molecule has 78 valence electrons. The van der Waals surface area contributed by atoms with Crippen molar-refractivity contribution in [3.8, 4) is 11.3 Å². The number of nitrogens with one attached hydrogen (secondary N) is 1. The van der Waals surface area contributed by atoms with Crippen molar-refractivity contribution in [3.63, 3.8) is 0 Å². The molecule has 0 spiro atoms. The summed E-state index contributed by atoms with van der Waals surface area (Å²) in [6, 6.07) is 3.86. The molecule has 2 aromatic heterocycles. The van der Waals surface area contributed by atoms with Crippen LogP contribution in [0.2, 0.25) is 0 Å². The quantitative estimate of drug-likeness (QED) is 0.792. The first kappa shape index (κ1) is 9.98. The summed E-state index contributed by atoms with van der Waals surface area (Å²) in [5.41, 5.74) is 2.98. The molecule has 3 nitrogen and oxygen atoms in total. The minimum Gasteiger partial charge on any atom is -0.465 e. The fraction of sp³-hybridized carbons (Fsp3) is 0.182. The van der Waals surface area contributed by atoms with Crippen molar-refractivity contribution in [1.82, 2.24) is 4.98 Å². The van der Waals surface area contributed by atoms with Crippen LogP contribution in [0.1, 0.15) is 15.2 Å². The van der Waals surface area contributed by atoms with Crippen molar-refractivity contribution in [3.05, 3.63) is 34.2 Å². The predicted octanol–water partition coefficient (Wildman–Crippen LogP) is 2.84. The zero-order valence-electron chi connectivity index (χ0n) is 8.53. The van der Waals surface area contributed by atoms with Gasteiger partial charge in [0.2, 0.25) is 0 Å². The molecular formula is C11H11NO2S. The van der Waals surface area contributed by atoms with Gasteiger partial charge in [0, 0.05) is 17.5 Å². The number of aromatic amines is 1. The van der Waals surface area contributed by atoms with Crippen LogP contribution in [0.25, 0.3) is 11.3 Å². The molecule has 0 aliphatic rings. The topological polar surface area (TPSA) is 42.1 Å². The zero-order valence-corrected chi connectivity index (χ0v) is 9.35. The van der Waals surface area contributed by atoms with E-state index < -0.39 is 0 Å². The molecule has 0 amide bonds. The average molecular weight is 221 g/mol. The highest BCUT2D eigenvalue weighted by molar-refractivity contribution is 7.12. The summed E-state index contributed by atoms with van der Waals surface area (Å²) in [6.45, 7) is 1.99. The summed E-state index contributed by atoms with van der Waals surface area (Å²) in [5, 5.41) is 1.96. The number of ether oxygens (including phenoxy) is 1. The van der Waals surface area contributed by atoms with Gasteiger partial charge in [-0.05, 0) is 30.0 Å². The Morgan fingerprint density at radius 3 is 2.93 bits per heavy atom. The molecule has 0 bridgehead atoms. The first-order chi connectivity index (χ1) is 7.24. The molecule has 2 aromatic rings. The Bertz CT molecular complexity index is 471. The lowest BCUT2D eigenvalue weighted by Crippen LogP contribution is -2.00. The van der Waals surface area contributed by atoms with E-state index in [9.17, 15) is 4.79 Å². The van der Waals surface area contributed by atoms with Gasteiger partial charge in [-0.1, -0.05) is 0 Å². The van der Waals surface area contributed by atoms with Crippen LogP contribution in [-0.4, -0.2) is 18.1 Å². The molecule has 15 heavy (non-hydrogen) atoms. The molecule has 0 fully saturated rings. The second-order valence-corrected chi connectivity index (χ2v) is 4.08. The molecule has 0 atom stereocenters. The lowest BCUT2D eigenvalue weighted by Gasteiger charge is -2.01. The van der Waals surface area contributed by atoms with E-state index >= 15 is 0 Å². The van der Waals surface area contributed by atoms with Crippen LogP contribution < -0.4 is 0 Å². The van der Waals surface area contributed by atoms with Crippen LogP contribution >= 0.6 is 11.3 Å². The van der Waals surface area contributed by atoms with Gasteiger partial charge < -0.3 is 9.72 Å². The van der Waals surface area contributed by atoms with Crippen LogP contribution in [0.4, 0.5) is 0 Å². The van der Waals surface area contributed by atoms with Crippen LogP contribution in [-0.2, 0) is 4.74 Å². The molecule has 4 heteroatoms. The van der Waals surface area contributed by atoms with Gasteiger partial charge in [-0.15, -0.1) is 11.3 Å². The highest BCUT2D eigenvalue weighted by Crippen LogP contribution is 2.31. The zero-order chi connectivity index (χ0) is 10.8. The first-order valence-electron chi connectivity index (χ1n) is 4.54. The van der Waals surface area contributed by atoms with Crippen LogP contribution in [0, 0.1) is 6.92 Å². The number of methoxy groups -OCH3 is 1. The molecule has 0 aromatic carbocycles. The van der Waals surface area contributed by atoms with E-state index in [0.717, 1.165) is 16.8 Å². The van der Waals surface area contributed by atoms with E-state index in [1.807, 2.05) is 30.6 Å². The van der Waals surface area contributed by atoms with Crippen molar-refractivity contribution < 1.29 is 9.53 Å². The Morgan fingerprint density at radius 2 is 2.33 bits per heavy atom. The van der Waals surface area contributed by atoms with Gasteiger partial charge in [0.05, 0.1) is 7.11 Å². The second-order valence-electron chi connectivity index (χ2n) is 3.20. The van der Waals surface area contributed by atoms with E-state index in [4.69, 9.17) is 4.74 Å². The number of carbonyl (C=O) groups is 1. The predicted molar refractivity (Wildman–Crippen MR) is 60.2 cm³/mol. The SMILES string of the molecule is COC(=O)c1scc(C)c1-c1ccc[nH]1. The number of rotatable bonds is 2. The molecule has 0 aliphatic heterocycles. The number of aryl methyl sites for hydroxylation is 1. The van der Waals surface area contributed by atoms with Crippen molar-refractivity contribution in [2.75, 3.05) is 7.11 Å². The summed E-state index contributed by atoms with van der Waals surface area (Å²) < 4.78 is 4.75. The molecule has 0 unspecified atom stereocenters. The fourth-order valence-electron chi connectivity index (χ4n) is 1.51. The molecule has 0 aliphatic carbocycles. The van der Waals surface area contributed by atoms with E-state index in [-0.39, 0.29) is 5.97 Å². The maximum Gasteiger partial charge on any atom is 0.348 e. The summed E-state index contributed by atoms with van der Waals surface area (Å²) >= 11 is 1.41. The molecule has 0 saturated heterocycles. The first-order valence-corrected chi connectivity index (χ1v) is 5.42. The summed E-state index contributed by atoms with van der Waals surface area (Å²) in [6.07, 6.45) is 1.84. The third-order valence-electron chi connectivity index (χ3n) is 2.21. The molecule has 0 radical (unpaired) electrons. The van der Waals surface area contributed by atoms with Gasteiger partial charge in [0.15, 0.2) is 0 Å². The molecule has 2 rings (SSSR count). The highest BCUT2D eigenvalue weighted by Gasteiger charge is 2.18. The third kappa shape index (κ3) is 1.68. The largest absolute Gasteiger partial charge is 0.465 e.